The van der Waals surface area contributed by atoms with Crippen molar-refractivity contribution in [3.63, 3.8) is 0 Å². The number of nitrogens with one attached hydrogen (secondary N) is 3. The van der Waals surface area contributed by atoms with E-state index in [1.165, 1.54) is 0 Å². The first kappa shape index (κ1) is 32.2. The second-order valence-corrected chi connectivity index (χ2v) is 16.2. The lowest BCUT2D eigenvalue weighted by atomic mass is 10.00. The van der Waals surface area contributed by atoms with Crippen molar-refractivity contribution in [3.8, 4) is 11.4 Å². The van der Waals surface area contributed by atoms with E-state index in [-0.39, 0.29) is 24.8 Å². The molecule has 0 fully saturated rings. The van der Waals surface area contributed by atoms with E-state index in [4.69, 9.17) is 21.3 Å². The molecule has 0 spiro atoms. The van der Waals surface area contributed by atoms with Crippen molar-refractivity contribution in [1.29, 1.82) is 0 Å². The summed E-state index contributed by atoms with van der Waals surface area (Å²) in [6.45, 7) is 5.85. The fourth-order valence-corrected chi connectivity index (χ4v) is 6.75. The van der Waals surface area contributed by atoms with E-state index >= 15 is 0 Å². The zero-order valence-electron chi connectivity index (χ0n) is 26.6. The highest BCUT2D eigenvalue weighted by Crippen LogP contribution is 2.34. The maximum Gasteiger partial charge on any atom is 0.239 e. The molecule has 2 aromatic heterocycles. The molecule has 6 rings (SSSR count). The predicted molar refractivity (Wildman–Crippen MR) is 184 cm³/mol. The topological polar surface area (TPSA) is 147 Å². The molecule has 2 amide bonds. The van der Waals surface area contributed by atoms with Crippen molar-refractivity contribution in [1.82, 2.24) is 30.4 Å². The largest absolute Gasteiger partial charge is 0.497 e. The molecule has 47 heavy (non-hydrogen) atoms. The highest BCUT2D eigenvalue weighted by molar-refractivity contribution is 6.82. The van der Waals surface area contributed by atoms with Crippen LogP contribution < -0.4 is 20.7 Å². The Morgan fingerprint density at radius 3 is 2.55 bits per heavy atom. The molecule has 1 atom stereocenters. The number of carbonyl (C=O) groups is 2. The van der Waals surface area contributed by atoms with Crippen LogP contribution in [0.5, 0.6) is 5.75 Å². The second-order valence-electron chi connectivity index (χ2n) is 12.1. The van der Waals surface area contributed by atoms with Gasteiger partial charge < -0.3 is 25.2 Å². The van der Waals surface area contributed by atoms with E-state index in [9.17, 15) is 14.4 Å². The third-order valence-corrected chi connectivity index (χ3v) is 9.99. The fraction of sp³-hybridized carbons (Fsp3) is 0.265. The maximum absolute atomic E-state index is 13.2. The summed E-state index contributed by atoms with van der Waals surface area (Å²) in [4.78, 5) is 44.7. The number of aromatic amines is 1. The summed E-state index contributed by atoms with van der Waals surface area (Å²) in [5.41, 5.74) is 5.13. The number of benzene rings is 3. The molecule has 4 N–H and O–H groups in total. The average Bonchev–Trinajstić information content (AvgIpc) is 3.62. The Labute approximate surface area is 278 Å². The Hall–Kier alpha value is -4.78. The SMILES string of the molecule is COc1ccc2c(c1)C(c1ccc(Cl)cc1)=N[C@@H](CC(=O)NCC(=O)NCCc1ccc3[nH]c([Si](C)(C)O)cc3c1)c1nnc(C)n1-2. The molecule has 0 radical (unpaired) electrons. The van der Waals surface area contributed by atoms with Crippen LogP contribution in [0.25, 0.3) is 16.6 Å². The summed E-state index contributed by atoms with van der Waals surface area (Å²) in [5, 5.41) is 16.8. The lowest BCUT2D eigenvalue weighted by molar-refractivity contribution is -0.126. The van der Waals surface area contributed by atoms with Gasteiger partial charge in [-0.2, -0.15) is 0 Å². The zero-order valence-corrected chi connectivity index (χ0v) is 28.4. The molecule has 0 unspecified atom stereocenters. The standard InChI is InChI=1S/C34H36ClN7O4Si/c1-20-40-41-34-28(39-33(22-6-8-24(35)9-7-22)26-17-25(46-2)10-12-29(26)42(20)34)18-30(43)37-19-31(44)36-14-13-21-5-11-27-23(15-21)16-32(38-27)47(3,4)45/h5-12,15-17,28,38,45H,13-14,18-19H2,1-4H3,(H,36,44)(H,37,43)/t28-/m0/s1. The maximum atomic E-state index is 13.2. The first-order chi connectivity index (χ1) is 22.5. The van der Waals surface area contributed by atoms with Gasteiger partial charge in [-0.05, 0) is 85.9 Å². The van der Waals surface area contributed by atoms with Gasteiger partial charge in [0.25, 0.3) is 0 Å². The highest BCUT2D eigenvalue weighted by Gasteiger charge is 2.30. The third kappa shape index (κ3) is 6.99. The van der Waals surface area contributed by atoms with Crippen LogP contribution in [0.1, 0.15) is 40.8 Å². The van der Waals surface area contributed by atoms with Crippen molar-refractivity contribution in [2.24, 2.45) is 4.99 Å². The van der Waals surface area contributed by atoms with E-state index in [0.717, 1.165) is 38.6 Å². The van der Waals surface area contributed by atoms with Gasteiger partial charge in [0.05, 0.1) is 31.5 Å². The van der Waals surface area contributed by atoms with Crippen LogP contribution >= 0.6 is 11.6 Å². The Bertz CT molecular complexity index is 2000. The van der Waals surface area contributed by atoms with Crippen LogP contribution in [0.3, 0.4) is 0 Å². The number of hydrogen-bond acceptors (Lipinski definition) is 7. The predicted octanol–water partition coefficient (Wildman–Crippen LogP) is 3.88. The monoisotopic (exact) mass is 669 g/mol. The molecule has 3 aromatic carbocycles. The molecular weight excluding hydrogens is 634 g/mol. The summed E-state index contributed by atoms with van der Waals surface area (Å²) < 4.78 is 7.43. The Morgan fingerprint density at radius 2 is 1.81 bits per heavy atom. The van der Waals surface area contributed by atoms with Crippen LogP contribution in [-0.2, 0) is 16.0 Å². The normalized spacial score (nSPS) is 14.2. The van der Waals surface area contributed by atoms with Crippen LogP contribution in [-0.4, -0.2) is 70.6 Å². The van der Waals surface area contributed by atoms with Crippen LogP contribution in [0.15, 0.2) is 71.7 Å². The number of rotatable bonds is 10. The van der Waals surface area contributed by atoms with Gasteiger partial charge in [0.1, 0.15) is 17.6 Å². The minimum Gasteiger partial charge on any atom is -0.497 e. The number of methoxy groups -OCH3 is 1. The van der Waals surface area contributed by atoms with Crippen LogP contribution in [0, 0.1) is 6.92 Å². The lowest BCUT2D eigenvalue weighted by Gasteiger charge is -2.14. The zero-order chi connectivity index (χ0) is 33.3. The minimum atomic E-state index is -2.44. The van der Waals surface area contributed by atoms with Gasteiger partial charge in [-0.25, -0.2) is 0 Å². The molecular formula is C34H36ClN7O4Si. The Balaban J connectivity index is 1.13. The number of H-pyrrole nitrogens is 1. The van der Waals surface area contributed by atoms with Gasteiger partial charge in [0, 0.05) is 33.5 Å². The summed E-state index contributed by atoms with van der Waals surface area (Å²) in [7, 11) is -0.831. The van der Waals surface area contributed by atoms with Crippen molar-refractivity contribution in [2.75, 3.05) is 20.2 Å². The van der Waals surface area contributed by atoms with Gasteiger partial charge >= 0.3 is 0 Å². The number of aliphatic imine (C=N–C) groups is 1. The number of ether oxygens (including phenoxy) is 1. The van der Waals surface area contributed by atoms with Crippen molar-refractivity contribution >= 4 is 53.7 Å². The van der Waals surface area contributed by atoms with Gasteiger partial charge in [-0.1, -0.05) is 29.8 Å². The third-order valence-electron chi connectivity index (χ3n) is 8.16. The number of aryl methyl sites for hydroxylation is 1. The highest BCUT2D eigenvalue weighted by atomic mass is 35.5. The molecule has 0 saturated heterocycles. The average molecular weight is 670 g/mol. The Morgan fingerprint density at radius 1 is 1.02 bits per heavy atom. The van der Waals surface area contributed by atoms with E-state index < -0.39 is 14.4 Å². The summed E-state index contributed by atoms with van der Waals surface area (Å²) in [6, 6.07) is 20.4. The molecule has 1 aliphatic rings. The molecule has 0 aliphatic carbocycles. The summed E-state index contributed by atoms with van der Waals surface area (Å²) in [5.74, 6) is 1.20. The van der Waals surface area contributed by atoms with Gasteiger partial charge in [-0.3, -0.25) is 19.1 Å². The molecule has 11 nitrogen and oxygen atoms in total. The quantitative estimate of drug-likeness (QED) is 0.166. The van der Waals surface area contributed by atoms with E-state index in [0.29, 0.717) is 41.1 Å². The molecule has 1 aliphatic heterocycles. The minimum absolute atomic E-state index is 0.0419. The number of hydrogen-bond donors (Lipinski definition) is 4. The lowest BCUT2D eigenvalue weighted by Crippen LogP contribution is -2.42. The van der Waals surface area contributed by atoms with Gasteiger partial charge in [0.2, 0.25) is 20.1 Å². The van der Waals surface area contributed by atoms with E-state index in [1.54, 1.807) is 19.2 Å². The number of amides is 2. The van der Waals surface area contributed by atoms with Crippen LogP contribution in [0.2, 0.25) is 18.1 Å². The second kappa shape index (κ2) is 13.1. The van der Waals surface area contributed by atoms with Gasteiger partial charge in [-0.15, -0.1) is 10.2 Å². The van der Waals surface area contributed by atoms with Crippen molar-refractivity contribution < 1.29 is 19.1 Å². The smallest absolute Gasteiger partial charge is 0.239 e. The number of carbonyl (C=O) groups excluding carboxylic acids is 2. The van der Waals surface area contributed by atoms with Crippen molar-refractivity contribution in [3.05, 3.63) is 100 Å². The number of aromatic nitrogens is 4. The fourth-order valence-electron chi connectivity index (χ4n) is 5.68. The first-order valence-corrected chi connectivity index (χ1v) is 18.6. The number of nitrogens with zero attached hydrogens (tertiary/aromatic N) is 4. The number of halogens is 1. The summed E-state index contributed by atoms with van der Waals surface area (Å²) in [6.07, 6.45) is 0.584. The molecule has 242 valence electrons. The number of fused-ring (bicyclic) bond motifs is 4. The Kier molecular flexibility index (Phi) is 9.00. The van der Waals surface area contributed by atoms with Crippen molar-refractivity contribution in [2.45, 2.75) is 38.9 Å². The molecule has 0 bridgehead atoms. The van der Waals surface area contributed by atoms with Gasteiger partial charge in [0.15, 0.2) is 5.82 Å². The first-order valence-electron chi connectivity index (χ1n) is 15.3. The van der Waals surface area contributed by atoms with E-state index in [2.05, 4.69) is 31.9 Å². The molecule has 13 heteroatoms. The molecule has 5 aromatic rings. The molecule has 3 heterocycles. The van der Waals surface area contributed by atoms with Crippen LogP contribution in [0.4, 0.5) is 0 Å². The van der Waals surface area contributed by atoms with E-state index in [1.807, 2.05) is 73.1 Å². The molecule has 0 saturated carbocycles. The summed E-state index contributed by atoms with van der Waals surface area (Å²) >= 11 is 6.19.